The van der Waals surface area contributed by atoms with Gasteiger partial charge in [-0.1, -0.05) is 11.6 Å². The Bertz CT molecular complexity index is 530. The smallest absolute Gasteiger partial charge is 0.0847 e. The van der Waals surface area contributed by atoms with E-state index in [1.807, 2.05) is 18.7 Å². The summed E-state index contributed by atoms with van der Waals surface area (Å²) in [7, 11) is 1.90. The van der Waals surface area contributed by atoms with Crippen LogP contribution in [0.1, 0.15) is 28.6 Å². The maximum atomic E-state index is 6.23. The zero-order valence-corrected chi connectivity index (χ0v) is 11.8. The molecular formula is C12H16ClN3S. The van der Waals surface area contributed by atoms with Gasteiger partial charge in [0.15, 0.2) is 0 Å². The lowest BCUT2D eigenvalue weighted by Gasteiger charge is -2.12. The van der Waals surface area contributed by atoms with Gasteiger partial charge in [-0.05, 0) is 35.7 Å². The predicted molar refractivity (Wildman–Crippen MR) is 72.6 cm³/mol. The third-order valence-corrected chi connectivity index (χ3v) is 4.34. The molecule has 1 unspecified atom stereocenters. The van der Waals surface area contributed by atoms with E-state index in [4.69, 9.17) is 17.3 Å². The number of aryl methyl sites for hydroxylation is 3. The fourth-order valence-corrected chi connectivity index (χ4v) is 3.12. The lowest BCUT2D eigenvalue weighted by molar-refractivity contribution is 0.639. The van der Waals surface area contributed by atoms with E-state index in [-0.39, 0.29) is 6.04 Å². The number of hydrogen-bond donors (Lipinski definition) is 1. The first-order chi connectivity index (χ1) is 8.00. The molecule has 1 atom stereocenters. The molecule has 2 aromatic heterocycles. The van der Waals surface area contributed by atoms with Crippen LogP contribution in [0, 0.1) is 13.8 Å². The number of rotatable bonds is 3. The number of halogens is 1. The zero-order valence-electron chi connectivity index (χ0n) is 10.2. The predicted octanol–water partition coefficient (Wildman–Crippen LogP) is 2.99. The first-order valence-electron chi connectivity index (χ1n) is 5.47. The molecule has 0 radical (unpaired) electrons. The second-order valence-electron chi connectivity index (χ2n) is 4.29. The molecule has 0 saturated heterocycles. The summed E-state index contributed by atoms with van der Waals surface area (Å²) in [6.07, 6.45) is 0.716. The molecule has 2 N–H and O–H groups in total. The van der Waals surface area contributed by atoms with Crippen molar-refractivity contribution < 1.29 is 0 Å². The van der Waals surface area contributed by atoms with Gasteiger partial charge in [0, 0.05) is 19.5 Å². The van der Waals surface area contributed by atoms with E-state index >= 15 is 0 Å². The Balaban J connectivity index is 2.24. The van der Waals surface area contributed by atoms with Crippen molar-refractivity contribution in [3.8, 4) is 0 Å². The molecule has 0 aliphatic carbocycles. The Morgan fingerprint density at radius 3 is 2.65 bits per heavy atom. The van der Waals surface area contributed by atoms with Crippen molar-refractivity contribution >= 4 is 22.9 Å². The van der Waals surface area contributed by atoms with Gasteiger partial charge in [-0.2, -0.15) is 16.4 Å². The van der Waals surface area contributed by atoms with Gasteiger partial charge < -0.3 is 5.73 Å². The normalized spacial score (nSPS) is 13.0. The lowest BCUT2D eigenvalue weighted by atomic mass is 10.0. The van der Waals surface area contributed by atoms with Gasteiger partial charge in [-0.25, -0.2) is 0 Å². The van der Waals surface area contributed by atoms with Crippen LogP contribution >= 0.6 is 22.9 Å². The third kappa shape index (κ3) is 2.39. The number of hydrogen-bond acceptors (Lipinski definition) is 3. The summed E-state index contributed by atoms with van der Waals surface area (Å²) in [6.45, 7) is 4.00. The maximum absolute atomic E-state index is 6.23. The molecular weight excluding hydrogens is 254 g/mol. The van der Waals surface area contributed by atoms with E-state index in [1.54, 1.807) is 11.3 Å². The fraction of sp³-hybridized carbons (Fsp3) is 0.417. The number of aromatic nitrogens is 2. The number of nitrogens with two attached hydrogens (primary N) is 1. The largest absolute Gasteiger partial charge is 0.324 e. The molecule has 17 heavy (non-hydrogen) atoms. The van der Waals surface area contributed by atoms with Crippen LogP contribution in [0.5, 0.6) is 0 Å². The molecule has 0 amide bonds. The SMILES string of the molecule is Cc1cscc1C(N)Cc1c(Cl)c(C)nn1C. The lowest BCUT2D eigenvalue weighted by Crippen LogP contribution is -2.15. The molecule has 0 bridgehead atoms. The molecule has 0 saturated carbocycles. The first kappa shape index (κ1) is 12.6. The van der Waals surface area contributed by atoms with Crippen molar-refractivity contribution in [2.45, 2.75) is 26.3 Å². The van der Waals surface area contributed by atoms with E-state index in [1.165, 1.54) is 11.1 Å². The zero-order chi connectivity index (χ0) is 12.6. The van der Waals surface area contributed by atoms with Crippen molar-refractivity contribution in [2.24, 2.45) is 12.8 Å². The summed E-state index contributed by atoms with van der Waals surface area (Å²) in [5.74, 6) is 0. The standard InChI is InChI=1S/C12H16ClN3S/c1-7-5-17-6-9(7)10(14)4-11-12(13)8(2)15-16(11)3/h5-6,10H,4,14H2,1-3H3. The van der Waals surface area contributed by atoms with Crippen molar-refractivity contribution in [3.05, 3.63) is 38.3 Å². The molecule has 0 aliphatic rings. The van der Waals surface area contributed by atoms with E-state index < -0.39 is 0 Å². The molecule has 0 aliphatic heterocycles. The molecule has 2 rings (SSSR count). The van der Waals surface area contributed by atoms with E-state index in [2.05, 4.69) is 22.8 Å². The Labute approximate surface area is 110 Å². The van der Waals surface area contributed by atoms with Gasteiger partial charge in [0.25, 0.3) is 0 Å². The molecule has 3 nitrogen and oxygen atoms in total. The second-order valence-corrected chi connectivity index (χ2v) is 5.41. The van der Waals surface area contributed by atoms with Crippen LogP contribution in [0.15, 0.2) is 10.8 Å². The summed E-state index contributed by atoms with van der Waals surface area (Å²) >= 11 is 7.91. The summed E-state index contributed by atoms with van der Waals surface area (Å²) in [6, 6.07) is -0.0199. The summed E-state index contributed by atoms with van der Waals surface area (Å²) in [5.41, 5.74) is 10.5. The highest BCUT2D eigenvalue weighted by Crippen LogP contribution is 2.27. The molecule has 0 aromatic carbocycles. The van der Waals surface area contributed by atoms with E-state index in [0.29, 0.717) is 6.42 Å². The van der Waals surface area contributed by atoms with Crippen molar-refractivity contribution in [1.82, 2.24) is 9.78 Å². The monoisotopic (exact) mass is 269 g/mol. The average Bonchev–Trinajstić information content (AvgIpc) is 2.78. The van der Waals surface area contributed by atoms with Gasteiger partial charge in [0.05, 0.1) is 16.4 Å². The van der Waals surface area contributed by atoms with Gasteiger partial charge in [0.2, 0.25) is 0 Å². The summed E-state index contributed by atoms with van der Waals surface area (Å²) in [5, 5.41) is 9.26. The van der Waals surface area contributed by atoms with Crippen molar-refractivity contribution in [2.75, 3.05) is 0 Å². The number of thiophene rings is 1. The molecule has 0 fully saturated rings. The minimum absolute atomic E-state index is 0.0199. The van der Waals surface area contributed by atoms with Crippen molar-refractivity contribution in [3.63, 3.8) is 0 Å². The molecule has 92 valence electrons. The first-order valence-corrected chi connectivity index (χ1v) is 6.79. The third-order valence-electron chi connectivity index (χ3n) is 2.97. The summed E-state index contributed by atoms with van der Waals surface area (Å²) < 4.78 is 1.82. The topological polar surface area (TPSA) is 43.8 Å². The molecule has 0 spiro atoms. The maximum Gasteiger partial charge on any atom is 0.0847 e. The highest BCUT2D eigenvalue weighted by molar-refractivity contribution is 7.08. The van der Waals surface area contributed by atoms with Gasteiger partial charge in [0.1, 0.15) is 0 Å². The Morgan fingerprint density at radius 1 is 1.47 bits per heavy atom. The second kappa shape index (κ2) is 4.80. The Hall–Kier alpha value is -0.840. The quantitative estimate of drug-likeness (QED) is 0.931. The molecule has 2 heterocycles. The molecule has 5 heteroatoms. The van der Waals surface area contributed by atoms with Crippen LogP contribution in [0.25, 0.3) is 0 Å². The minimum Gasteiger partial charge on any atom is -0.324 e. The van der Waals surface area contributed by atoms with Crippen LogP contribution in [0.2, 0.25) is 5.02 Å². The highest BCUT2D eigenvalue weighted by atomic mass is 35.5. The minimum atomic E-state index is -0.0199. The Kier molecular flexibility index (Phi) is 3.56. The van der Waals surface area contributed by atoms with Crippen LogP contribution in [-0.4, -0.2) is 9.78 Å². The highest BCUT2D eigenvalue weighted by Gasteiger charge is 2.17. The van der Waals surface area contributed by atoms with Gasteiger partial charge >= 0.3 is 0 Å². The van der Waals surface area contributed by atoms with E-state index in [0.717, 1.165) is 16.4 Å². The van der Waals surface area contributed by atoms with Crippen molar-refractivity contribution in [1.29, 1.82) is 0 Å². The van der Waals surface area contributed by atoms with Crippen LogP contribution in [0.3, 0.4) is 0 Å². The van der Waals surface area contributed by atoms with Gasteiger partial charge in [-0.3, -0.25) is 4.68 Å². The van der Waals surface area contributed by atoms with Crippen LogP contribution in [-0.2, 0) is 13.5 Å². The van der Waals surface area contributed by atoms with Crippen LogP contribution < -0.4 is 5.73 Å². The van der Waals surface area contributed by atoms with Gasteiger partial charge in [-0.15, -0.1) is 0 Å². The van der Waals surface area contributed by atoms with Crippen LogP contribution in [0.4, 0.5) is 0 Å². The number of nitrogens with zero attached hydrogens (tertiary/aromatic N) is 2. The molecule has 2 aromatic rings. The fourth-order valence-electron chi connectivity index (χ4n) is 1.97. The van der Waals surface area contributed by atoms with E-state index in [9.17, 15) is 0 Å². The Morgan fingerprint density at radius 2 is 2.18 bits per heavy atom. The average molecular weight is 270 g/mol. The summed E-state index contributed by atoms with van der Waals surface area (Å²) in [4.78, 5) is 0.